The van der Waals surface area contributed by atoms with Crippen molar-refractivity contribution in [2.75, 3.05) is 4.90 Å². The third-order valence-electron chi connectivity index (χ3n) is 4.94. The van der Waals surface area contributed by atoms with Gasteiger partial charge in [-0.05, 0) is 82.8 Å². The molecule has 35 heavy (non-hydrogen) atoms. The fourth-order valence-electron chi connectivity index (χ4n) is 3.23. The van der Waals surface area contributed by atoms with Gasteiger partial charge in [-0.15, -0.1) is 0 Å². The van der Waals surface area contributed by atoms with Gasteiger partial charge in [-0.25, -0.2) is 0 Å². The maximum atomic E-state index is 13.2. The lowest BCUT2D eigenvalue weighted by Crippen LogP contribution is -2.54. The Balaban J connectivity index is 1.58. The third kappa shape index (κ3) is 5.76. The Labute approximate surface area is 240 Å². The molecule has 2 amide bonds. The summed E-state index contributed by atoms with van der Waals surface area (Å²) < 4.78 is 6.66. The Bertz CT molecular complexity index is 1410. The highest BCUT2D eigenvalue weighted by Crippen LogP contribution is 2.34. The van der Waals surface area contributed by atoms with E-state index in [1.807, 2.05) is 0 Å². The van der Waals surface area contributed by atoms with Crippen molar-refractivity contribution < 1.29 is 14.3 Å². The van der Waals surface area contributed by atoms with E-state index < -0.39 is 11.8 Å². The number of nitrogens with one attached hydrogen (secondary N) is 1. The first kappa shape index (κ1) is 26.2. The Kier molecular flexibility index (Phi) is 8.25. The number of carbonyl (C=O) groups excluding carboxylic acids is 2. The third-order valence-corrected chi connectivity index (χ3v) is 7.46. The standard InChI is InChI=1S/C24H13Cl4IN2O3S/c25-14-6-5-13(17(27)10-14)11-34-20-7-4-12(9-18(20)29)8-15-22(32)30-24(35)31(23(15)33)19-3-1-2-16(26)21(19)28/h1-10H,11H2,(H,30,32,35)/b15-8+. The zero-order valence-electron chi connectivity index (χ0n) is 17.5. The Morgan fingerprint density at radius 1 is 1.00 bits per heavy atom. The molecule has 1 saturated heterocycles. The number of anilines is 1. The normalized spacial score (nSPS) is 14.9. The minimum absolute atomic E-state index is 0.0829. The van der Waals surface area contributed by atoms with Gasteiger partial charge in [0.15, 0.2) is 5.11 Å². The molecule has 0 atom stereocenters. The summed E-state index contributed by atoms with van der Waals surface area (Å²) in [6.07, 6.45) is 1.48. The summed E-state index contributed by atoms with van der Waals surface area (Å²) in [4.78, 5) is 27.0. The number of carbonyl (C=O) groups is 2. The summed E-state index contributed by atoms with van der Waals surface area (Å²) >= 11 is 31.9. The lowest BCUT2D eigenvalue weighted by atomic mass is 10.1. The molecule has 0 bridgehead atoms. The molecule has 0 spiro atoms. The van der Waals surface area contributed by atoms with Gasteiger partial charge in [0, 0.05) is 15.6 Å². The molecule has 11 heteroatoms. The van der Waals surface area contributed by atoms with E-state index in [1.54, 1.807) is 54.6 Å². The molecule has 1 aliphatic rings. The maximum absolute atomic E-state index is 13.2. The molecule has 5 nitrogen and oxygen atoms in total. The molecule has 1 heterocycles. The van der Waals surface area contributed by atoms with Gasteiger partial charge in [0.25, 0.3) is 11.8 Å². The van der Waals surface area contributed by atoms with Gasteiger partial charge in [0.2, 0.25) is 0 Å². The van der Waals surface area contributed by atoms with E-state index in [0.717, 1.165) is 14.0 Å². The van der Waals surface area contributed by atoms with E-state index in [4.69, 9.17) is 63.4 Å². The van der Waals surface area contributed by atoms with Crippen LogP contribution in [0.3, 0.4) is 0 Å². The number of nitrogens with zero attached hydrogens (tertiary/aromatic N) is 1. The molecule has 0 unspecified atom stereocenters. The number of amides is 2. The lowest BCUT2D eigenvalue weighted by Gasteiger charge is -2.29. The van der Waals surface area contributed by atoms with Crippen LogP contribution in [-0.2, 0) is 16.2 Å². The predicted octanol–water partition coefficient (Wildman–Crippen LogP) is 7.32. The van der Waals surface area contributed by atoms with Gasteiger partial charge in [0.05, 0.1) is 19.3 Å². The average Bonchev–Trinajstić information content (AvgIpc) is 2.80. The number of benzene rings is 3. The quantitative estimate of drug-likeness (QED) is 0.133. The van der Waals surface area contributed by atoms with Gasteiger partial charge >= 0.3 is 0 Å². The Morgan fingerprint density at radius 3 is 2.49 bits per heavy atom. The molecule has 0 aromatic heterocycles. The van der Waals surface area contributed by atoms with Crippen LogP contribution < -0.4 is 15.0 Å². The van der Waals surface area contributed by atoms with Crippen molar-refractivity contribution in [1.29, 1.82) is 0 Å². The highest BCUT2D eigenvalue weighted by atomic mass is 127. The molecule has 3 aromatic carbocycles. The van der Waals surface area contributed by atoms with E-state index in [9.17, 15) is 9.59 Å². The molecular weight excluding hydrogens is 665 g/mol. The second-order valence-electron chi connectivity index (χ2n) is 7.25. The minimum atomic E-state index is -0.615. The SMILES string of the molecule is O=C1NC(=S)N(c2cccc(Cl)c2Cl)C(=O)/C1=C/c1ccc(OCc2ccc(Cl)cc2Cl)c(I)c1. The van der Waals surface area contributed by atoms with E-state index in [0.29, 0.717) is 21.4 Å². The molecule has 3 aromatic rings. The van der Waals surface area contributed by atoms with Crippen molar-refractivity contribution in [2.45, 2.75) is 6.61 Å². The predicted molar refractivity (Wildman–Crippen MR) is 153 cm³/mol. The fourth-order valence-corrected chi connectivity index (χ4v) is 5.04. The summed E-state index contributed by atoms with van der Waals surface area (Å²) in [5, 5.41) is 3.91. The second kappa shape index (κ2) is 11.0. The van der Waals surface area contributed by atoms with Crippen molar-refractivity contribution in [3.05, 3.63) is 95.0 Å². The number of thiocarbonyl (C=S) groups is 1. The van der Waals surface area contributed by atoms with Crippen LogP contribution in [-0.4, -0.2) is 16.9 Å². The van der Waals surface area contributed by atoms with Crippen LogP contribution in [0.4, 0.5) is 5.69 Å². The van der Waals surface area contributed by atoms with E-state index in [1.165, 1.54) is 6.08 Å². The zero-order valence-corrected chi connectivity index (χ0v) is 23.4. The number of hydrogen-bond donors (Lipinski definition) is 1. The molecule has 178 valence electrons. The van der Waals surface area contributed by atoms with Crippen LogP contribution in [0.2, 0.25) is 20.1 Å². The minimum Gasteiger partial charge on any atom is -0.488 e. The number of hydrogen-bond acceptors (Lipinski definition) is 4. The summed E-state index contributed by atoms with van der Waals surface area (Å²) in [6, 6.07) is 15.3. The average molecular weight is 678 g/mol. The van der Waals surface area contributed by atoms with Crippen LogP contribution in [0, 0.1) is 3.57 Å². The first-order chi connectivity index (χ1) is 16.7. The first-order valence-corrected chi connectivity index (χ1v) is 12.9. The Hall–Kier alpha value is -1.88. The van der Waals surface area contributed by atoms with Crippen molar-refractivity contribution in [2.24, 2.45) is 0 Å². The topological polar surface area (TPSA) is 58.6 Å². The molecule has 1 fully saturated rings. The van der Waals surface area contributed by atoms with Crippen molar-refractivity contribution in [1.82, 2.24) is 5.32 Å². The van der Waals surface area contributed by atoms with Gasteiger partial charge in [0.1, 0.15) is 17.9 Å². The molecule has 4 rings (SSSR count). The van der Waals surface area contributed by atoms with Gasteiger partial charge in [-0.2, -0.15) is 0 Å². The van der Waals surface area contributed by atoms with Crippen LogP contribution in [0.5, 0.6) is 5.75 Å². The number of rotatable bonds is 5. The fraction of sp³-hybridized carbons (Fsp3) is 0.0417. The largest absolute Gasteiger partial charge is 0.488 e. The smallest absolute Gasteiger partial charge is 0.270 e. The van der Waals surface area contributed by atoms with Gasteiger partial charge in [-0.1, -0.05) is 64.6 Å². The van der Waals surface area contributed by atoms with Crippen LogP contribution in [0.1, 0.15) is 11.1 Å². The molecule has 0 aliphatic carbocycles. The highest BCUT2D eigenvalue weighted by Gasteiger charge is 2.35. The molecular formula is C24H13Cl4IN2O3S. The molecule has 0 radical (unpaired) electrons. The van der Waals surface area contributed by atoms with E-state index in [2.05, 4.69) is 27.9 Å². The highest BCUT2D eigenvalue weighted by molar-refractivity contribution is 14.1. The Morgan fingerprint density at radius 2 is 1.77 bits per heavy atom. The molecule has 1 N–H and O–H groups in total. The van der Waals surface area contributed by atoms with Crippen molar-refractivity contribution >= 4 is 110 Å². The van der Waals surface area contributed by atoms with Crippen molar-refractivity contribution in [3.8, 4) is 5.75 Å². The molecule has 0 saturated carbocycles. The summed E-state index contributed by atoms with van der Waals surface area (Å²) in [5.74, 6) is -0.607. The van der Waals surface area contributed by atoms with Crippen molar-refractivity contribution in [3.63, 3.8) is 0 Å². The summed E-state index contributed by atoms with van der Waals surface area (Å²) in [5.41, 5.74) is 1.58. The number of ether oxygens (including phenoxy) is 1. The summed E-state index contributed by atoms with van der Waals surface area (Å²) in [6.45, 7) is 0.250. The maximum Gasteiger partial charge on any atom is 0.270 e. The zero-order chi connectivity index (χ0) is 25.3. The van der Waals surface area contributed by atoms with E-state index in [-0.39, 0.29) is 33.0 Å². The van der Waals surface area contributed by atoms with Crippen LogP contribution >= 0.6 is 81.2 Å². The lowest BCUT2D eigenvalue weighted by molar-refractivity contribution is -0.122. The summed E-state index contributed by atoms with van der Waals surface area (Å²) in [7, 11) is 0. The number of halogens is 5. The first-order valence-electron chi connectivity index (χ1n) is 9.87. The van der Waals surface area contributed by atoms with Crippen LogP contribution in [0.15, 0.2) is 60.2 Å². The van der Waals surface area contributed by atoms with Gasteiger partial charge in [-0.3, -0.25) is 19.8 Å². The molecule has 1 aliphatic heterocycles. The van der Waals surface area contributed by atoms with E-state index >= 15 is 0 Å². The van der Waals surface area contributed by atoms with Crippen LogP contribution in [0.25, 0.3) is 6.08 Å². The monoisotopic (exact) mass is 676 g/mol. The second-order valence-corrected chi connectivity index (χ2v) is 10.4. The van der Waals surface area contributed by atoms with Gasteiger partial charge < -0.3 is 4.74 Å².